The first-order chi connectivity index (χ1) is 20.1. The van der Waals surface area contributed by atoms with Gasteiger partial charge < -0.3 is 4.90 Å². The third kappa shape index (κ3) is 3.71. The van der Waals surface area contributed by atoms with E-state index in [0.717, 1.165) is 38.5 Å². The summed E-state index contributed by atoms with van der Waals surface area (Å²) in [4.78, 5) is 12.7. The van der Waals surface area contributed by atoms with Gasteiger partial charge in [0, 0.05) is 32.3 Å². The molecule has 196 valence electrons. The minimum atomic E-state index is -0.0793. The molecular weight excluding hydrogens is 518 g/mol. The van der Waals surface area contributed by atoms with Gasteiger partial charge in [0.05, 0.1) is 27.3 Å². The van der Waals surface area contributed by atoms with Crippen LogP contribution < -0.4 is 4.90 Å². The second kappa shape index (κ2) is 9.12. The lowest BCUT2D eigenvalue weighted by Crippen LogP contribution is -2.30. The average Bonchev–Trinajstić information content (AvgIpc) is 3.40. The van der Waals surface area contributed by atoms with Crippen molar-refractivity contribution in [3.05, 3.63) is 139 Å². The number of anilines is 3. The van der Waals surface area contributed by atoms with E-state index < -0.39 is 0 Å². The molecule has 0 radical (unpaired) electrons. The summed E-state index contributed by atoms with van der Waals surface area (Å²) in [5.74, 6) is 0.743. The maximum absolute atomic E-state index is 5.16. The topological polar surface area (TPSA) is 29.0 Å². The Kier molecular flexibility index (Phi) is 5.34. The maximum Gasteiger partial charge on any atom is 0.160 e. The molecule has 1 aliphatic rings. The zero-order valence-corrected chi connectivity index (χ0v) is 23.7. The van der Waals surface area contributed by atoms with Crippen molar-refractivity contribution in [2.45, 2.75) is 19.3 Å². The Morgan fingerprint density at radius 2 is 1.20 bits per heavy atom. The first-order valence-corrected chi connectivity index (χ1v) is 14.8. The van der Waals surface area contributed by atoms with E-state index >= 15 is 0 Å². The number of nitrogens with zero attached hydrogens (tertiary/aromatic N) is 3. The number of benzene rings is 5. The van der Waals surface area contributed by atoms with Gasteiger partial charge in [-0.15, -0.1) is 11.3 Å². The van der Waals surface area contributed by atoms with Gasteiger partial charge in [0.2, 0.25) is 0 Å². The summed E-state index contributed by atoms with van der Waals surface area (Å²) in [6.45, 7) is 4.63. The number of rotatable bonds is 3. The Morgan fingerprint density at radius 1 is 0.585 bits per heavy atom. The van der Waals surface area contributed by atoms with Crippen LogP contribution in [-0.4, -0.2) is 9.97 Å². The molecule has 0 unspecified atom stereocenters. The fourth-order valence-corrected chi connectivity index (χ4v) is 7.37. The molecule has 2 aromatic heterocycles. The highest BCUT2D eigenvalue weighted by molar-refractivity contribution is 7.26. The number of hydrogen-bond acceptors (Lipinski definition) is 4. The standard InChI is InChI=1S/C37H27N3S/c1-37(2)28-15-7-9-17-30(28)40(31-18-10-8-16-29(31)37)26-22-20-25(21-23-26)36-38-33(24-12-4-3-5-13-24)35-34(39-36)27-14-6-11-19-32(27)41-35/h3-23H,1-2H3. The van der Waals surface area contributed by atoms with E-state index in [9.17, 15) is 0 Å². The van der Waals surface area contributed by atoms with Crippen molar-refractivity contribution >= 4 is 48.7 Å². The molecule has 1 aliphatic heterocycles. The molecule has 8 rings (SSSR count). The Bertz CT molecular complexity index is 2020. The lowest BCUT2D eigenvalue weighted by atomic mass is 9.73. The molecule has 0 fully saturated rings. The van der Waals surface area contributed by atoms with Gasteiger partial charge in [-0.05, 0) is 53.6 Å². The molecule has 0 spiro atoms. The van der Waals surface area contributed by atoms with Crippen LogP contribution in [0.15, 0.2) is 127 Å². The molecule has 0 saturated carbocycles. The monoisotopic (exact) mass is 545 g/mol. The molecule has 0 saturated heterocycles. The SMILES string of the molecule is CC1(C)c2ccccc2N(c2ccc(-c3nc(-c4ccccc4)c4sc5ccccc5c4n3)cc2)c2ccccc21. The van der Waals surface area contributed by atoms with Crippen LogP contribution in [0, 0.1) is 0 Å². The number of hydrogen-bond donors (Lipinski definition) is 0. The number of fused-ring (bicyclic) bond motifs is 5. The smallest absolute Gasteiger partial charge is 0.160 e. The fraction of sp³-hybridized carbons (Fsp3) is 0.0811. The summed E-state index contributed by atoms with van der Waals surface area (Å²) in [6, 6.07) is 45.2. The molecule has 0 aliphatic carbocycles. The van der Waals surface area contributed by atoms with Crippen molar-refractivity contribution in [1.29, 1.82) is 0 Å². The van der Waals surface area contributed by atoms with Gasteiger partial charge in [-0.3, -0.25) is 0 Å². The van der Waals surface area contributed by atoms with Crippen LogP contribution in [0.5, 0.6) is 0 Å². The van der Waals surface area contributed by atoms with Crippen LogP contribution in [0.25, 0.3) is 42.9 Å². The first-order valence-electron chi connectivity index (χ1n) is 13.9. The lowest BCUT2D eigenvalue weighted by Gasteiger charge is -2.42. The predicted octanol–water partition coefficient (Wildman–Crippen LogP) is 10.3. The van der Waals surface area contributed by atoms with Crippen molar-refractivity contribution in [2.75, 3.05) is 4.90 Å². The summed E-state index contributed by atoms with van der Waals surface area (Å²) in [6.07, 6.45) is 0. The second-order valence-electron chi connectivity index (χ2n) is 11.1. The largest absolute Gasteiger partial charge is 0.310 e. The third-order valence-corrected chi connectivity index (χ3v) is 9.45. The highest BCUT2D eigenvalue weighted by Gasteiger charge is 2.36. The molecular formula is C37H27N3S. The molecule has 7 aromatic rings. The summed E-state index contributed by atoms with van der Waals surface area (Å²) < 4.78 is 2.36. The normalized spacial score (nSPS) is 13.8. The van der Waals surface area contributed by atoms with E-state index in [1.807, 2.05) is 6.07 Å². The van der Waals surface area contributed by atoms with Crippen molar-refractivity contribution in [1.82, 2.24) is 9.97 Å². The highest BCUT2D eigenvalue weighted by Crippen LogP contribution is 2.51. The average molecular weight is 546 g/mol. The van der Waals surface area contributed by atoms with E-state index in [4.69, 9.17) is 9.97 Å². The van der Waals surface area contributed by atoms with Gasteiger partial charge >= 0.3 is 0 Å². The predicted molar refractivity (Wildman–Crippen MR) is 173 cm³/mol. The van der Waals surface area contributed by atoms with Crippen LogP contribution in [-0.2, 0) is 5.41 Å². The number of thiophene rings is 1. The van der Waals surface area contributed by atoms with Crippen LogP contribution in [0.2, 0.25) is 0 Å². The summed E-state index contributed by atoms with van der Waals surface area (Å²) in [5.41, 5.74) is 10.2. The Balaban J connectivity index is 1.28. The third-order valence-electron chi connectivity index (χ3n) is 8.29. The van der Waals surface area contributed by atoms with E-state index in [1.165, 1.54) is 32.6 Å². The lowest BCUT2D eigenvalue weighted by molar-refractivity contribution is 0.632. The molecule has 41 heavy (non-hydrogen) atoms. The van der Waals surface area contributed by atoms with Crippen molar-refractivity contribution in [3.8, 4) is 22.6 Å². The Labute approximate surface area is 243 Å². The van der Waals surface area contributed by atoms with Gasteiger partial charge in [-0.2, -0.15) is 0 Å². The number of para-hydroxylation sites is 2. The summed E-state index contributed by atoms with van der Waals surface area (Å²) in [5, 5.41) is 1.18. The van der Waals surface area contributed by atoms with E-state index in [0.29, 0.717) is 0 Å². The molecule has 5 aromatic carbocycles. The fourth-order valence-electron chi connectivity index (χ4n) is 6.22. The van der Waals surface area contributed by atoms with Crippen LogP contribution in [0.1, 0.15) is 25.0 Å². The molecule has 3 heterocycles. The summed E-state index contributed by atoms with van der Waals surface area (Å²) >= 11 is 1.76. The van der Waals surface area contributed by atoms with Crippen LogP contribution >= 0.6 is 11.3 Å². The van der Waals surface area contributed by atoms with Gasteiger partial charge in [0.1, 0.15) is 0 Å². The molecule has 4 heteroatoms. The van der Waals surface area contributed by atoms with Crippen molar-refractivity contribution in [2.24, 2.45) is 0 Å². The minimum Gasteiger partial charge on any atom is -0.310 e. The van der Waals surface area contributed by atoms with Gasteiger partial charge in [-0.25, -0.2) is 9.97 Å². The number of aromatic nitrogens is 2. The summed E-state index contributed by atoms with van der Waals surface area (Å²) in [7, 11) is 0. The van der Waals surface area contributed by atoms with E-state index in [1.54, 1.807) is 11.3 Å². The van der Waals surface area contributed by atoms with Crippen LogP contribution in [0.3, 0.4) is 0 Å². The van der Waals surface area contributed by atoms with Gasteiger partial charge in [0.25, 0.3) is 0 Å². The van der Waals surface area contributed by atoms with Crippen molar-refractivity contribution < 1.29 is 0 Å². The molecule has 0 bridgehead atoms. The Hall–Kier alpha value is -4.80. The minimum absolute atomic E-state index is 0.0793. The molecule has 0 amide bonds. The van der Waals surface area contributed by atoms with E-state index in [-0.39, 0.29) is 5.41 Å². The quantitative estimate of drug-likeness (QED) is 0.221. The molecule has 0 N–H and O–H groups in total. The highest BCUT2D eigenvalue weighted by atomic mass is 32.1. The van der Waals surface area contributed by atoms with E-state index in [2.05, 4.69) is 140 Å². The van der Waals surface area contributed by atoms with Gasteiger partial charge in [-0.1, -0.05) is 98.8 Å². The van der Waals surface area contributed by atoms with Gasteiger partial charge in [0.15, 0.2) is 5.82 Å². The second-order valence-corrected chi connectivity index (χ2v) is 12.1. The van der Waals surface area contributed by atoms with Crippen molar-refractivity contribution in [3.63, 3.8) is 0 Å². The Morgan fingerprint density at radius 3 is 1.90 bits per heavy atom. The maximum atomic E-state index is 5.16. The first kappa shape index (κ1) is 24.0. The van der Waals surface area contributed by atoms with Crippen LogP contribution in [0.4, 0.5) is 17.1 Å². The zero-order valence-electron chi connectivity index (χ0n) is 22.9. The molecule has 3 nitrogen and oxygen atoms in total. The molecule has 0 atom stereocenters. The zero-order chi connectivity index (χ0) is 27.6.